The average molecular weight is 428 g/mol. The van der Waals surface area contributed by atoms with E-state index in [-0.39, 0.29) is 5.91 Å². The summed E-state index contributed by atoms with van der Waals surface area (Å²) in [7, 11) is 0. The molecule has 0 aromatic heterocycles. The molecule has 0 radical (unpaired) electrons. The maximum absolute atomic E-state index is 12.3. The highest BCUT2D eigenvalue weighted by Crippen LogP contribution is 2.26. The number of amides is 1. The summed E-state index contributed by atoms with van der Waals surface area (Å²) in [4.78, 5) is 14.6. The number of benzene rings is 2. The molecule has 3 rings (SSSR count). The van der Waals surface area contributed by atoms with Gasteiger partial charge in [-0.05, 0) is 48.7 Å². The third kappa shape index (κ3) is 4.24. The zero-order chi connectivity index (χ0) is 17.1. The molecule has 1 fully saturated rings. The van der Waals surface area contributed by atoms with E-state index in [4.69, 9.17) is 23.2 Å². The van der Waals surface area contributed by atoms with Gasteiger partial charge in [-0.15, -0.1) is 0 Å². The van der Waals surface area contributed by atoms with Gasteiger partial charge < -0.3 is 10.2 Å². The molecule has 0 spiro atoms. The highest BCUT2D eigenvalue weighted by Gasteiger charge is 2.23. The van der Waals surface area contributed by atoms with Crippen molar-refractivity contribution in [2.45, 2.75) is 6.42 Å². The zero-order valence-electron chi connectivity index (χ0n) is 12.9. The van der Waals surface area contributed by atoms with Gasteiger partial charge in [-0.1, -0.05) is 45.2 Å². The first-order chi connectivity index (χ1) is 11.5. The number of anilines is 1. The summed E-state index contributed by atoms with van der Waals surface area (Å²) in [5, 5.41) is 3.90. The van der Waals surface area contributed by atoms with E-state index in [0.717, 1.165) is 24.0 Å². The van der Waals surface area contributed by atoms with Gasteiger partial charge in [-0.2, -0.15) is 0 Å². The molecule has 1 aliphatic rings. The van der Waals surface area contributed by atoms with Crippen LogP contribution in [0.1, 0.15) is 16.8 Å². The number of carbonyl (C=O) groups excluding carboxylic acids is 1. The highest BCUT2D eigenvalue weighted by molar-refractivity contribution is 9.10. The van der Waals surface area contributed by atoms with Gasteiger partial charge in [0.25, 0.3) is 5.91 Å². The van der Waals surface area contributed by atoms with Gasteiger partial charge >= 0.3 is 0 Å². The van der Waals surface area contributed by atoms with Crippen LogP contribution in [0.2, 0.25) is 10.0 Å². The van der Waals surface area contributed by atoms with Crippen molar-refractivity contribution in [3.63, 3.8) is 0 Å². The quantitative estimate of drug-likeness (QED) is 0.743. The van der Waals surface area contributed by atoms with Crippen LogP contribution in [0.3, 0.4) is 0 Å². The minimum absolute atomic E-state index is 0.177. The minimum Gasteiger partial charge on any atom is -0.371 e. The first kappa shape index (κ1) is 17.6. The average Bonchev–Trinajstić information content (AvgIpc) is 3.04. The van der Waals surface area contributed by atoms with Gasteiger partial charge in [-0.3, -0.25) is 4.79 Å². The predicted molar refractivity (Wildman–Crippen MR) is 103 cm³/mol. The van der Waals surface area contributed by atoms with E-state index < -0.39 is 0 Å². The van der Waals surface area contributed by atoms with Crippen molar-refractivity contribution < 1.29 is 4.79 Å². The fourth-order valence-corrected chi connectivity index (χ4v) is 3.67. The summed E-state index contributed by atoms with van der Waals surface area (Å²) < 4.78 is 1.08. The summed E-state index contributed by atoms with van der Waals surface area (Å²) in [5.41, 5.74) is 1.63. The van der Waals surface area contributed by atoms with Crippen LogP contribution in [0.5, 0.6) is 0 Å². The van der Waals surface area contributed by atoms with E-state index in [1.54, 1.807) is 18.2 Å². The monoisotopic (exact) mass is 426 g/mol. The first-order valence-electron chi connectivity index (χ1n) is 7.76. The fourth-order valence-electron chi connectivity index (χ4n) is 2.91. The molecule has 24 heavy (non-hydrogen) atoms. The number of nitrogens with one attached hydrogen (secondary N) is 1. The van der Waals surface area contributed by atoms with Crippen LogP contribution in [0, 0.1) is 5.92 Å². The van der Waals surface area contributed by atoms with Crippen LogP contribution in [-0.4, -0.2) is 25.5 Å². The normalized spacial score (nSPS) is 17.1. The molecule has 1 atom stereocenters. The summed E-state index contributed by atoms with van der Waals surface area (Å²) in [6, 6.07) is 13.2. The van der Waals surface area contributed by atoms with Crippen molar-refractivity contribution in [1.82, 2.24) is 5.32 Å². The van der Waals surface area contributed by atoms with Gasteiger partial charge in [0, 0.05) is 34.8 Å². The van der Waals surface area contributed by atoms with Crippen LogP contribution >= 0.6 is 39.1 Å². The van der Waals surface area contributed by atoms with Gasteiger partial charge in [0.05, 0.1) is 10.6 Å². The highest BCUT2D eigenvalue weighted by atomic mass is 79.9. The molecule has 0 bridgehead atoms. The number of hydrogen-bond acceptors (Lipinski definition) is 2. The van der Waals surface area contributed by atoms with E-state index in [9.17, 15) is 4.79 Å². The molecular weight excluding hydrogens is 411 g/mol. The van der Waals surface area contributed by atoms with Crippen LogP contribution in [0.4, 0.5) is 5.69 Å². The second kappa shape index (κ2) is 7.77. The van der Waals surface area contributed by atoms with E-state index in [0.29, 0.717) is 28.1 Å². The Bertz CT molecular complexity index is 754. The van der Waals surface area contributed by atoms with E-state index in [2.05, 4.69) is 38.3 Å². The molecule has 1 aliphatic heterocycles. The molecule has 0 saturated carbocycles. The molecule has 6 heteroatoms. The predicted octanol–water partition coefficient (Wildman–Crippen LogP) is 5.01. The van der Waals surface area contributed by atoms with Crippen molar-refractivity contribution >= 4 is 50.7 Å². The molecule has 1 saturated heterocycles. The molecule has 1 heterocycles. The van der Waals surface area contributed by atoms with Crippen LogP contribution in [0.15, 0.2) is 46.9 Å². The minimum atomic E-state index is -0.177. The molecule has 126 valence electrons. The lowest BCUT2D eigenvalue weighted by molar-refractivity contribution is 0.0948. The molecule has 2 aromatic carbocycles. The van der Waals surface area contributed by atoms with Crippen LogP contribution in [-0.2, 0) is 0 Å². The molecule has 3 nitrogen and oxygen atoms in total. The fraction of sp³-hybridized carbons (Fsp3) is 0.278. The van der Waals surface area contributed by atoms with E-state index in [1.807, 2.05) is 12.1 Å². The Balaban J connectivity index is 1.56. The van der Waals surface area contributed by atoms with Gasteiger partial charge in [-0.25, -0.2) is 0 Å². The number of carbonyl (C=O) groups is 1. The molecule has 1 unspecified atom stereocenters. The van der Waals surface area contributed by atoms with E-state index in [1.165, 1.54) is 5.69 Å². The number of nitrogens with zero attached hydrogens (tertiary/aromatic N) is 1. The standard InChI is InChI=1S/C18H17BrCl2N2O/c19-13-2-1-3-15(8-13)23-7-6-12(11-23)10-22-18(24)16-9-14(20)4-5-17(16)21/h1-5,8-9,12H,6-7,10-11H2,(H,22,24). The van der Waals surface area contributed by atoms with Crippen molar-refractivity contribution in [2.24, 2.45) is 5.92 Å². The molecule has 1 amide bonds. The van der Waals surface area contributed by atoms with Crippen molar-refractivity contribution in [3.8, 4) is 0 Å². The first-order valence-corrected chi connectivity index (χ1v) is 9.31. The van der Waals surface area contributed by atoms with Crippen molar-refractivity contribution in [1.29, 1.82) is 0 Å². The van der Waals surface area contributed by atoms with E-state index >= 15 is 0 Å². The summed E-state index contributed by atoms with van der Waals surface area (Å²) >= 11 is 15.5. The largest absolute Gasteiger partial charge is 0.371 e. The smallest absolute Gasteiger partial charge is 0.252 e. The second-order valence-corrected chi connectivity index (χ2v) is 7.67. The molecule has 0 aliphatic carbocycles. The summed E-state index contributed by atoms with van der Waals surface area (Å²) in [5.74, 6) is 0.245. The summed E-state index contributed by atoms with van der Waals surface area (Å²) in [6.07, 6.45) is 1.05. The Labute approximate surface area is 160 Å². The zero-order valence-corrected chi connectivity index (χ0v) is 16.0. The Kier molecular flexibility index (Phi) is 5.69. The number of rotatable bonds is 4. The Hall–Kier alpha value is -1.23. The Morgan fingerprint density at radius 2 is 2.08 bits per heavy atom. The van der Waals surface area contributed by atoms with Gasteiger partial charge in [0.2, 0.25) is 0 Å². The van der Waals surface area contributed by atoms with Crippen molar-refractivity contribution in [3.05, 3.63) is 62.5 Å². The van der Waals surface area contributed by atoms with Gasteiger partial charge in [0.15, 0.2) is 0 Å². The Morgan fingerprint density at radius 1 is 1.25 bits per heavy atom. The molecule has 1 N–H and O–H groups in total. The maximum Gasteiger partial charge on any atom is 0.252 e. The third-order valence-corrected chi connectivity index (χ3v) is 5.24. The molecule has 2 aromatic rings. The number of halogens is 3. The molecular formula is C18H17BrCl2N2O. The second-order valence-electron chi connectivity index (χ2n) is 5.91. The maximum atomic E-state index is 12.3. The number of hydrogen-bond donors (Lipinski definition) is 1. The van der Waals surface area contributed by atoms with Gasteiger partial charge in [0.1, 0.15) is 0 Å². The SMILES string of the molecule is O=C(NCC1CCN(c2cccc(Br)c2)C1)c1cc(Cl)ccc1Cl. The summed E-state index contributed by atoms with van der Waals surface area (Å²) in [6.45, 7) is 2.56. The lowest BCUT2D eigenvalue weighted by Gasteiger charge is -2.19. The van der Waals surface area contributed by atoms with Crippen LogP contribution in [0.25, 0.3) is 0 Å². The lowest BCUT2D eigenvalue weighted by Crippen LogP contribution is -2.31. The lowest BCUT2D eigenvalue weighted by atomic mass is 10.1. The third-order valence-electron chi connectivity index (χ3n) is 4.18. The Morgan fingerprint density at radius 3 is 2.88 bits per heavy atom. The topological polar surface area (TPSA) is 32.3 Å². The van der Waals surface area contributed by atoms with Crippen molar-refractivity contribution in [2.75, 3.05) is 24.5 Å². The van der Waals surface area contributed by atoms with Crippen LogP contribution < -0.4 is 10.2 Å².